The van der Waals surface area contributed by atoms with E-state index in [4.69, 9.17) is 16.3 Å². The zero-order valence-electron chi connectivity index (χ0n) is 19.5. The molecule has 1 amide bonds. The van der Waals surface area contributed by atoms with Crippen molar-refractivity contribution in [1.82, 2.24) is 14.8 Å². The number of carbonyl (C=O) groups excluding carboxylic acids is 1. The van der Waals surface area contributed by atoms with Crippen molar-refractivity contribution in [3.63, 3.8) is 0 Å². The van der Waals surface area contributed by atoms with Gasteiger partial charge >= 0.3 is 0 Å². The number of hydrogen-bond donors (Lipinski definition) is 1. The van der Waals surface area contributed by atoms with E-state index in [9.17, 15) is 4.79 Å². The maximum Gasteiger partial charge on any atom is 0.234 e. The average Bonchev–Trinajstić information content (AvgIpc) is 3.23. The molecule has 3 aromatic carbocycles. The van der Waals surface area contributed by atoms with E-state index in [1.807, 2.05) is 72.2 Å². The van der Waals surface area contributed by atoms with Crippen molar-refractivity contribution >= 4 is 45.7 Å². The van der Waals surface area contributed by atoms with Gasteiger partial charge in [-0.1, -0.05) is 65.8 Å². The van der Waals surface area contributed by atoms with Gasteiger partial charge in [-0.05, 0) is 48.6 Å². The van der Waals surface area contributed by atoms with Crippen LogP contribution in [0.3, 0.4) is 0 Å². The Hall–Kier alpha value is -3.29. The standard InChI is InChI=1S/C27H27ClN4O2S/c1-3-15-32-25(12-7-16-34-24-14-13-21(28)17-19(24)2)30-31-27(32)35-18-26(33)29-23-11-6-9-20-8-4-5-10-22(20)23/h3-6,8-11,13-14,17H,1,7,12,15-16,18H2,2H3,(H,29,33). The van der Waals surface area contributed by atoms with Crippen LogP contribution in [-0.2, 0) is 17.8 Å². The fraction of sp³-hybridized carbons (Fsp3) is 0.222. The number of thioether (sulfide) groups is 1. The summed E-state index contributed by atoms with van der Waals surface area (Å²) < 4.78 is 7.89. The molecule has 0 aliphatic carbocycles. The molecule has 0 radical (unpaired) electrons. The van der Waals surface area contributed by atoms with Gasteiger partial charge in [-0.2, -0.15) is 0 Å². The summed E-state index contributed by atoms with van der Waals surface area (Å²) in [6, 6.07) is 19.5. The molecule has 4 rings (SSSR count). The lowest BCUT2D eigenvalue weighted by Gasteiger charge is -2.11. The zero-order chi connectivity index (χ0) is 24.6. The minimum Gasteiger partial charge on any atom is -0.493 e. The fourth-order valence-corrected chi connectivity index (χ4v) is 4.75. The minimum atomic E-state index is -0.0900. The van der Waals surface area contributed by atoms with Gasteiger partial charge in [0, 0.05) is 29.1 Å². The molecule has 0 saturated carbocycles. The Morgan fingerprint density at radius 2 is 2.00 bits per heavy atom. The van der Waals surface area contributed by atoms with Crippen LogP contribution >= 0.6 is 23.4 Å². The molecule has 0 bridgehead atoms. The second-order valence-electron chi connectivity index (χ2n) is 8.02. The Morgan fingerprint density at radius 1 is 1.17 bits per heavy atom. The highest BCUT2D eigenvalue weighted by Gasteiger charge is 2.14. The van der Waals surface area contributed by atoms with Gasteiger partial charge in [0.15, 0.2) is 5.16 Å². The monoisotopic (exact) mass is 506 g/mol. The van der Waals surface area contributed by atoms with Gasteiger partial charge in [0.1, 0.15) is 11.6 Å². The highest BCUT2D eigenvalue weighted by atomic mass is 35.5. The van der Waals surface area contributed by atoms with Crippen LogP contribution in [0, 0.1) is 6.92 Å². The minimum absolute atomic E-state index is 0.0900. The molecule has 4 aromatic rings. The molecule has 180 valence electrons. The quantitative estimate of drug-likeness (QED) is 0.146. The summed E-state index contributed by atoms with van der Waals surface area (Å²) in [4.78, 5) is 12.7. The molecule has 6 nitrogen and oxygen atoms in total. The Labute approximate surface area is 214 Å². The number of hydrogen-bond acceptors (Lipinski definition) is 5. The van der Waals surface area contributed by atoms with E-state index in [1.54, 1.807) is 6.08 Å². The van der Waals surface area contributed by atoms with Crippen molar-refractivity contribution in [2.45, 2.75) is 31.5 Å². The van der Waals surface area contributed by atoms with Gasteiger partial charge in [0.2, 0.25) is 5.91 Å². The number of aromatic nitrogens is 3. The van der Waals surface area contributed by atoms with Crippen LogP contribution in [0.15, 0.2) is 78.5 Å². The van der Waals surface area contributed by atoms with E-state index < -0.39 is 0 Å². The topological polar surface area (TPSA) is 69.0 Å². The van der Waals surface area contributed by atoms with Gasteiger partial charge in [0.25, 0.3) is 0 Å². The largest absolute Gasteiger partial charge is 0.493 e. The maximum absolute atomic E-state index is 12.7. The van der Waals surface area contributed by atoms with Crippen LogP contribution in [0.25, 0.3) is 10.8 Å². The number of carbonyl (C=O) groups is 1. The highest BCUT2D eigenvalue weighted by molar-refractivity contribution is 7.99. The first-order valence-corrected chi connectivity index (χ1v) is 12.7. The summed E-state index contributed by atoms with van der Waals surface area (Å²) in [6.07, 6.45) is 3.29. The third kappa shape index (κ3) is 6.44. The van der Waals surface area contributed by atoms with Gasteiger partial charge in [0.05, 0.1) is 12.4 Å². The van der Waals surface area contributed by atoms with Crippen molar-refractivity contribution in [3.05, 3.63) is 89.7 Å². The third-order valence-electron chi connectivity index (χ3n) is 5.44. The van der Waals surface area contributed by atoms with Crippen molar-refractivity contribution < 1.29 is 9.53 Å². The Morgan fingerprint density at radius 3 is 2.83 bits per heavy atom. The maximum atomic E-state index is 12.7. The van der Waals surface area contributed by atoms with E-state index in [1.165, 1.54) is 11.8 Å². The third-order valence-corrected chi connectivity index (χ3v) is 6.64. The summed E-state index contributed by atoms with van der Waals surface area (Å²) in [5.41, 5.74) is 1.81. The van der Waals surface area contributed by atoms with E-state index in [0.717, 1.165) is 40.0 Å². The zero-order valence-corrected chi connectivity index (χ0v) is 21.1. The molecule has 0 saturated heterocycles. The summed E-state index contributed by atoms with van der Waals surface area (Å²) in [5, 5.41) is 15.2. The number of nitrogens with one attached hydrogen (secondary N) is 1. The number of benzene rings is 3. The summed E-state index contributed by atoms with van der Waals surface area (Å²) in [7, 11) is 0. The smallest absolute Gasteiger partial charge is 0.234 e. The number of ether oxygens (including phenoxy) is 1. The Balaban J connectivity index is 1.33. The predicted molar refractivity (Wildman–Crippen MR) is 144 cm³/mol. The van der Waals surface area contributed by atoms with E-state index in [2.05, 4.69) is 22.1 Å². The molecule has 0 atom stereocenters. The van der Waals surface area contributed by atoms with Gasteiger partial charge in [-0.25, -0.2) is 0 Å². The molecule has 0 fully saturated rings. The first-order chi connectivity index (χ1) is 17.0. The first-order valence-electron chi connectivity index (χ1n) is 11.4. The lowest BCUT2D eigenvalue weighted by molar-refractivity contribution is -0.113. The van der Waals surface area contributed by atoms with Gasteiger partial charge < -0.3 is 14.6 Å². The van der Waals surface area contributed by atoms with Crippen LogP contribution in [-0.4, -0.2) is 33.0 Å². The second-order valence-corrected chi connectivity index (χ2v) is 9.40. The van der Waals surface area contributed by atoms with Crippen LogP contribution in [0.4, 0.5) is 5.69 Å². The van der Waals surface area contributed by atoms with Crippen molar-refractivity contribution in [2.75, 3.05) is 17.7 Å². The van der Waals surface area contributed by atoms with Crippen LogP contribution in [0.5, 0.6) is 5.75 Å². The summed E-state index contributed by atoms with van der Waals surface area (Å²) >= 11 is 7.37. The molecule has 8 heteroatoms. The Bertz CT molecular complexity index is 1330. The summed E-state index contributed by atoms with van der Waals surface area (Å²) in [5.74, 6) is 1.82. The lowest BCUT2D eigenvalue weighted by atomic mass is 10.1. The number of amides is 1. The highest BCUT2D eigenvalue weighted by Crippen LogP contribution is 2.25. The second kappa shape index (κ2) is 11.9. The molecule has 1 aromatic heterocycles. The van der Waals surface area contributed by atoms with E-state index >= 15 is 0 Å². The molecule has 1 N–H and O–H groups in total. The molecule has 1 heterocycles. The lowest BCUT2D eigenvalue weighted by Crippen LogP contribution is -2.15. The van der Waals surface area contributed by atoms with Crippen molar-refractivity contribution in [3.8, 4) is 5.75 Å². The molecule has 0 aliphatic heterocycles. The first kappa shape index (κ1) is 24.8. The number of aryl methyl sites for hydroxylation is 2. The van der Waals surface area contributed by atoms with Gasteiger partial charge in [-0.3, -0.25) is 4.79 Å². The normalized spacial score (nSPS) is 10.9. The molecule has 0 aliphatic rings. The van der Waals surface area contributed by atoms with E-state index in [-0.39, 0.29) is 11.7 Å². The summed E-state index contributed by atoms with van der Waals surface area (Å²) in [6.45, 7) is 6.96. The van der Waals surface area contributed by atoms with Crippen LogP contribution in [0.2, 0.25) is 5.02 Å². The number of nitrogens with zero attached hydrogens (tertiary/aromatic N) is 3. The van der Waals surface area contributed by atoms with Crippen LogP contribution in [0.1, 0.15) is 17.8 Å². The molecule has 35 heavy (non-hydrogen) atoms. The van der Waals surface area contributed by atoms with Crippen LogP contribution < -0.4 is 10.1 Å². The molecular formula is C27H27ClN4O2S. The van der Waals surface area contributed by atoms with Crippen molar-refractivity contribution in [1.29, 1.82) is 0 Å². The number of halogens is 1. The number of rotatable bonds is 11. The van der Waals surface area contributed by atoms with Gasteiger partial charge in [-0.15, -0.1) is 16.8 Å². The molecule has 0 spiro atoms. The average molecular weight is 507 g/mol. The number of allylic oxidation sites excluding steroid dienone is 1. The Kier molecular flexibility index (Phi) is 8.45. The number of anilines is 1. The SMILES string of the molecule is C=CCn1c(CCCOc2ccc(Cl)cc2C)nnc1SCC(=O)Nc1cccc2ccccc12. The van der Waals surface area contributed by atoms with Crippen molar-refractivity contribution in [2.24, 2.45) is 0 Å². The molecular weight excluding hydrogens is 480 g/mol. The van der Waals surface area contributed by atoms with E-state index in [0.29, 0.717) is 29.8 Å². The molecule has 0 unspecified atom stereocenters. The fourth-order valence-electron chi connectivity index (χ4n) is 3.76. The predicted octanol–water partition coefficient (Wildman–Crippen LogP) is 6.32. The number of fused-ring (bicyclic) bond motifs is 1.